The van der Waals surface area contributed by atoms with Gasteiger partial charge in [-0.25, -0.2) is 4.68 Å². The van der Waals surface area contributed by atoms with Crippen molar-refractivity contribution in [3.05, 3.63) is 27.7 Å². The lowest BCUT2D eigenvalue weighted by atomic mass is 10.1. The zero-order chi connectivity index (χ0) is 11.0. The first kappa shape index (κ1) is 9.96. The molecule has 2 rings (SSSR count). The Morgan fingerprint density at radius 2 is 2.20 bits per heavy atom. The number of hydrogen-bond acceptors (Lipinski definition) is 2. The number of pyridine rings is 1. The summed E-state index contributed by atoms with van der Waals surface area (Å²) in [6, 6.07) is 0. The molecule has 0 aromatic carbocycles. The second-order valence-electron chi connectivity index (χ2n) is 3.63. The van der Waals surface area contributed by atoms with Crippen LogP contribution in [0.2, 0.25) is 0 Å². The van der Waals surface area contributed by atoms with E-state index in [2.05, 4.69) is 10.1 Å². The summed E-state index contributed by atoms with van der Waals surface area (Å²) in [6.45, 7) is 6.68. The van der Waals surface area contributed by atoms with Gasteiger partial charge in [-0.05, 0) is 20.3 Å². The van der Waals surface area contributed by atoms with Crippen LogP contribution >= 0.6 is 0 Å². The number of H-pyrrole nitrogens is 1. The molecule has 1 N–H and O–H groups in total. The number of nitrogens with one attached hydrogen (secondary N) is 1. The molecule has 2 aromatic heterocycles. The highest BCUT2D eigenvalue weighted by Crippen LogP contribution is 2.11. The van der Waals surface area contributed by atoms with Crippen LogP contribution in [0.15, 0.2) is 11.0 Å². The zero-order valence-electron chi connectivity index (χ0n) is 9.29. The van der Waals surface area contributed by atoms with E-state index in [9.17, 15) is 4.79 Å². The number of aryl methyl sites for hydroxylation is 2. The molecule has 0 unspecified atom stereocenters. The van der Waals surface area contributed by atoms with Gasteiger partial charge in [-0.3, -0.25) is 4.79 Å². The normalized spacial score (nSPS) is 11.1. The predicted octanol–water partition coefficient (Wildman–Crippen LogP) is 1.62. The van der Waals surface area contributed by atoms with E-state index in [1.165, 1.54) is 0 Å². The van der Waals surface area contributed by atoms with Gasteiger partial charge in [0.25, 0.3) is 0 Å². The maximum Gasteiger partial charge on any atom is 0.195 e. The smallest absolute Gasteiger partial charge is 0.195 e. The van der Waals surface area contributed by atoms with Crippen molar-refractivity contribution in [2.45, 2.75) is 33.7 Å². The van der Waals surface area contributed by atoms with E-state index in [1.54, 1.807) is 6.20 Å². The van der Waals surface area contributed by atoms with E-state index in [0.717, 1.165) is 29.9 Å². The largest absolute Gasteiger partial charge is 0.343 e. The van der Waals surface area contributed by atoms with Gasteiger partial charge in [0.2, 0.25) is 0 Å². The minimum Gasteiger partial charge on any atom is -0.343 e. The molecule has 0 bridgehead atoms. The van der Waals surface area contributed by atoms with Crippen molar-refractivity contribution in [1.82, 2.24) is 14.8 Å². The number of aromatic nitrogens is 3. The van der Waals surface area contributed by atoms with E-state index in [-0.39, 0.29) is 5.43 Å². The molecule has 0 fully saturated rings. The molecule has 0 spiro atoms. The molecule has 2 aromatic rings. The first-order valence-corrected chi connectivity index (χ1v) is 5.26. The van der Waals surface area contributed by atoms with Gasteiger partial charge >= 0.3 is 0 Å². The van der Waals surface area contributed by atoms with Crippen LogP contribution in [0.25, 0.3) is 11.0 Å². The first-order valence-electron chi connectivity index (χ1n) is 5.26. The van der Waals surface area contributed by atoms with Crippen LogP contribution in [0, 0.1) is 6.92 Å². The van der Waals surface area contributed by atoms with Crippen LogP contribution in [0.1, 0.15) is 25.1 Å². The number of aromatic amines is 1. The summed E-state index contributed by atoms with van der Waals surface area (Å²) < 4.78 is 1.81. The summed E-state index contributed by atoms with van der Waals surface area (Å²) in [5.74, 6) is 0. The summed E-state index contributed by atoms with van der Waals surface area (Å²) in [5, 5.41) is 4.86. The van der Waals surface area contributed by atoms with Crippen LogP contribution in [-0.4, -0.2) is 14.8 Å². The van der Waals surface area contributed by atoms with Crippen molar-refractivity contribution in [2.24, 2.45) is 0 Å². The fourth-order valence-electron chi connectivity index (χ4n) is 1.85. The molecular weight excluding hydrogens is 190 g/mol. The Labute approximate surface area is 87.9 Å². The predicted molar refractivity (Wildman–Crippen MR) is 60.1 cm³/mol. The summed E-state index contributed by atoms with van der Waals surface area (Å²) >= 11 is 0. The number of nitrogens with zero attached hydrogens (tertiary/aromatic N) is 2. The minimum atomic E-state index is 0.0975. The lowest BCUT2D eigenvalue weighted by Crippen LogP contribution is -2.11. The number of hydrogen-bond donors (Lipinski definition) is 1. The molecular formula is C11H15N3O. The van der Waals surface area contributed by atoms with Gasteiger partial charge in [0.15, 0.2) is 5.43 Å². The lowest BCUT2D eigenvalue weighted by Gasteiger charge is -2.05. The molecule has 0 radical (unpaired) electrons. The zero-order valence-corrected chi connectivity index (χ0v) is 9.29. The van der Waals surface area contributed by atoms with Gasteiger partial charge in [-0.2, -0.15) is 5.10 Å². The summed E-state index contributed by atoms with van der Waals surface area (Å²) in [4.78, 5) is 15.2. The molecule has 4 nitrogen and oxygen atoms in total. The van der Waals surface area contributed by atoms with E-state index in [0.29, 0.717) is 5.39 Å². The highest BCUT2D eigenvalue weighted by Gasteiger charge is 2.10. The second kappa shape index (κ2) is 3.53. The third-order valence-corrected chi connectivity index (χ3v) is 2.80. The SMILES string of the molecule is CCc1[nH]c2c(cnn2CC)c(=O)c1C. The van der Waals surface area contributed by atoms with E-state index in [1.807, 2.05) is 25.5 Å². The average molecular weight is 205 g/mol. The Kier molecular flexibility index (Phi) is 2.34. The fourth-order valence-corrected chi connectivity index (χ4v) is 1.85. The molecule has 15 heavy (non-hydrogen) atoms. The van der Waals surface area contributed by atoms with E-state index in [4.69, 9.17) is 0 Å². The fraction of sp³-hybridized carbons (Fsp3) is 0.455. The third-order valence-electron chi connectivity index (χ3n) is 2.80. The van der Waals surface area contributed by atoms with Crippen LogP contribution in [0.3, 0.4) is 0 Å². The Balaban J connectivity index is 2.87. The standard InChI is InChI=1S/C11H15N3O/c1-4-9-7(3)10(15)8-6-12-14(5-2)11(8)13-9/h6H,4-5H2,1-3H3,(H,13,15). The monoisotopic (exact) mass is 205 g/mol. The van der Waals surface area contributed by atoms with Crippen molar-refractivity contribution in [2.75, 3.05) is 0 Å². The van der Waals surface area contributed by atoms with E-state index < -0.39 is 0 Å². The molecule has 80 valence electrons. The molecule has 0 aliphatic rings. The molecule has 0 amide bonds. The lowest BCUT2D eigenvalue weighted by molar-refractivity contribution is 0.675. The van der Waals surface area contributed by atoms with E-state index >= 15 is 0 Å². The summed E-state index contributed by atoms with van der Waals surface area (Å²) in [6.07, 6.45) is 2.48. The summed E-state index contributed by atoms with van der Waals surface area (Å²) in [5.41, 5.74) is 2.74. The van der Waals surface area contributed by atoms with Crippen LogP contribution < -0.4 is 5.43 Å². The average Bonchev–Trinajstić information content (AvgIpc) is 2.66. The van der Waals surface area contributed by atoms with Crippen molar-refractivity contribution < 1.29 is 0 Å². The van der Waals surface area contributed by atoms with Gasteiger partial charge in [0.05, 0.1) is 11.6 Å². The Morgan fingerprint density at radius 1 is 1.47 bits per heavy atom. The number of fused-ring (bicyclic) bond motifs is 1. The van der Waals surface area contributed by atoms with Crippen LogP contribution in [-0.2, 0) is 13.0 Å². The highest BCUT2D eigenvalue weighted by molar-refractivity contribution is 5.75. The Bertz CT molecular complexity index is 551. The molecule has 0 saturated carbocycles. The van der Waals surface area contributed by atoms with Gasteiger partial charge in [0.1, 0.15) is 5.65 Å². The van der Waals surface area contributed by atoms with Crippen molar-refractivity contribution in [3.63, 3.8) is 0 Å². The maximum absolute atomic E-state index is 12.0. The summed E-state index contributed by atoms with van der Waals surface area (Å²) in [7, 11) is 0. The van der Waals surface area contributed by atoms with Crippen LogP contribution in [0.4, 0.5) is 0 Å². The molecule has 0 atom stereocenters. The van der Waals surface area contributed by atoms with Crippen molar-refractivity contribution >= 4 is 11.0 Å². The molecule has 4 heteroatoms. The second-order valence-corrected chi connectivity index (χ2v) is 3.63. The first-order chi connectivity index (χ1) is 7.19. The molecule has 0 aliphatic carbocycles. The van der Waals surface area contributed by atoms with Crippen molar-refractivity contribution in [1.29, 1.82) is 0 Å². The topological polar surface area (TPSA) is 50.7 Å². The molecule has 0 saturated heterocycles. The van der Waals surface area contributed by atoms with Gasteiger partial charge in [-0.15, -0.1) is 0 Å². The van der Waals surface area contributed by atoms with Crippen LogP contribution in [0.5, 0.6) is 0 Å². The molecule has 2 heterocycles. The van der Waals surface area contributed by atoms with Crippen molar-refractivity contribution in [3.8, 4) is 0 Å². The molecule has 0 aliphatic heterocycles. The minimum absolute atomic E-state index is 0.0975. The number of rotatable bonds is 2. The quantitative estimate of drug-likeness (QED) is 0.809. The maximum atomic E-state index is 12.0. The third kappa shape index (κ3) is 1.37. The van der Waals surface area contributed by atoms with Gasteiger partial charge in [0, 0.05) is 17.8 Å². The Hall–Kier alpha value is -1.58. The van der Waals surface area contributed by atoms with Gasteiger partial charge in [-0.1, -0.05) is 6.92 Å². The highest BCUT2D eigenvalue weighted by atomic mass is 16.1. The van der Waals surface area contributed by atoms with Gasteiger partial charge < -0.3 is 4.98 Å². The Morgan fingerprint density at radius 3 is 2.80 bits per heavy atom.